The summed E-state index contributed by atoms with van der Waals surface area (Å²) >= 11 is 3.19. The van der Waals surface area contributed by atoms with E-state index in [1.54, 1.807) is 0 Å². The number of rotatable bonds is 5. The lowest BCUT2D eigenvalue weighted by Gasteiger charge is -2.16. The molecule has 1 N–H and O–H groups in total. The molecule has 0 fully saturated rings. The number of ketones is 1. The average molecular weight is 317 g/mol. The molecule has 0 saturated carbocycles. The number of carboxylic acid groups (broad SMARTS) is 1. The van der Waals surface area contributed by atoms with Gasteiger partial charge in [0.05, 0.1) is 19.8 Å². The van der Waals surface area contributed by atoms with Gasteiger partial charge in [0.2, 0.25) is 0 Å². The Bertz CT molecular complexity index is 496. The van der Waals surface area contributed by atoms with E-state index >= 15 is 0 Å². The molecule has 0 aliphatic rings. The number of Topliss-reactive ketones (excluding diaryl/α,β-unsaturated/α-hetero) is 1. The quantitative estimate of drug-likeness (QED) is 0.666. The molecular formula is C12H13BrO5. The van der Waals surface area contributed by atoms with Crippen LogP contribution in [0.4, 0.5) is 0 Å². The molecule has 1 rings (SSSR count). The maximum absolute atomic E-state index is 11.7. The zero-order valence-corrected chi connectivity index (χ0v) is 11.8. The number of hydrogen-bond acceptors (Lipinski definition) is 4. The third kappa shape index (κ3) is 2.48. The first kappa shape index (κ1) is 14.5. The van der Waals surface area contributed by atoms with Crippen LogP contribution < -0.4 is 9.47 Å². The Balaban J connectivity index is 3.61. The number of carbonyl (C=O) groups is 2. The summed E-state index contributed by atoms with van der Waals surface area (Å²) in [7, 11) is 2.92. The van der Waals surface area contributed by atoms with E-state index in [0.29, 0.717) is 28.0 Å². The van der Waals surface area contributed by atoms with Gasteiger partial charge in [-0.1, -0.05) is 6.92 Å². The number of hydrogen-bond donors (Lipinski definition) is 1. The molecule has 18 heavy (non-hydrogen) atoms. The first-order valence-electron chi connectivity index (χ1n) is 5.18. The monoisotopic (exact) mass is 316 g/mol. The van der Waals surface area contributed by atoms with Gasteiger partial charge in [-0.25, -0.2) is 4.79 Å². The van der Waals surface area contributed by atoms with Gasteiger partial charge in [-0.05, 0) is 28.4 Å². The van der Waals surface area contributed by atoms with Crippen LogP contribution in [0.25, 0.3) is 0 Å². The Labute approximate surface area is 113 Å². The molecule has 5 nitrogen and oxygen atoms in total. The molecule has 0 spiro atoms. The molecule has 0 atom stereocenters. The fourth-order valence-corrected chi connectivity index (χ4v) is 2.35. The molecule has 1 aromatic carbocycles. The first-order valence-corrected chi connectivity index (χ1v) is 5.98. The van der Waals surface area contributed by atoms with E-state index in [2.05, 4.69) is 15.9 Å². The number of carboxylic acids is 1. The fraction of sp³-hybridized carbons (Fsp3) is 0.333. The lowest BCUT2D eigenvalue weighted by molar-refractivity contribution is -0.131. The highest BCUT2D eigenvalue weighted by Crippen LogP contribution is 2.38. The largest absolute Gasteiger partial charge is 0.493 e. The lowest BCUT2D eigenvalue weighted by atomic mass is 9.99. The summed E-state index contributed by atoms with van der Waals surface area (Å²) in [4.78, 5) is 22.5. The van der Waals surface area contributed by atoms with E-state index in [-0.39, 0.29) is 5.56 Å². The van der Waals surface area contributed by atoms with Crippen LogP contribution in [-0.2, 0) is 11.2 Å². The van der Waals surface area contributed by atoms with Crippen molar-refractivity contribution >= 4 is 27.7 Å². The van der Waals surface area contributed by atoms with Gasteiger partial charge >= 0.3 is 5.97 Å². The van der Waals surface area contributed by atoms with Crippen molar-refractivity contribution in [2.75, 3.05) is 14.2 Å². The van der Waals surface area contributed by atoms with E-state index < -0.39 is 11.8 Å². The van der Waals surface area contributed by atoms with Crippen LogP contribution >= 0.6 is 15.9 Å². The SMILES string of the molecule is CCc1c(OC)c(OC)cc(Br)c1C(=O)C(=O)O. The van der Waals surface area contributed by atoms with Gasteiger partial charge < -0.3 is 14.6 Å². The third-order valence-electron chi connectivity index (χ3n) is 2.50. The predicted molar refractivity (Wildman–Crippen MR) is 68.6 cm³/mol. The summed E-state index contributed by atoms with van der Waals surface area (Å²) in [5.74, 6) is -1.65. The number of ether oxygens (including phenoxy) is 2. The van der Waals surface area contributed by atoms with Crippen LogP contribution in [0.15, 0.2) is 10.5 Å². The van der Waals surface area contributed by atoms with E-state index in [1.165, 1.54) is 20.3 Å². The minimum absolute atomic E-state index is 0.0997. The number of halogens is 1. The summed E-state index contributed by atoms with van der Waals surface area (Å²) in [6.07, 6.45) is 0.452. The van der Waals surface area contributed by atoms with Gasteiger partial charge in [0.15, 0.2) is 11.5 Å². The van der Waals surface area contributed by atoms with Gasteiger partial charge in [0.25, 0.3) is 5.78 Å². The molecule has 1 aromatic rings. The maximum atomic E-state index is 11.7. The summed E-state index contributed by atoms with van der Waals surface area (Å²) in [6, 6.07) is 1.52. The molecule has 0 unspecified atom stereocenters. The molecule has 0 heterocycles. The molecule has 0 aliphatic heterocycles. The van der Waals surface area contributed by atoms with E-state index in [1.807, 2.05) is 6.92 Å². The molecular weight excluding hydrogens is 304 g/mol. The van der Waals surface area contributed by atoms with E-state index in [9.17, 15) is 9.59 Å². The zero-order chi connectivity index (χ0) is 13.9. The number of aliphatic carboxylic acids is 1. The zero-order valence-electron chi connectivity index (χ0n) is 10.2. The normalized spacial score (nSPS) is 10.0. The Morgan fingerprint density at radius 3 is 2.33 bits per heavy atom. The molecule has 6 heteroatoms. The highest BCUT2D eigenvalue weighted by atomic mass is 79.9. The molecule has 0 saturated heterocycles. The maximum Gasteiger partial charge on any atom is 0.377 e. The molecule has 0 amide bonds. The van der Waals surface area contributed by atoms with E-state index in [4.69, 9.17) is 14.6 Å². The van der Waals surface area contributed by atoms with Crippen molar-refractivity contribution in [2.45, 2.75) is 13.3 Å². The molecule has 0 bridgehead atoms. The van der Waals surface area contributed by atoms with Gasteiger partial charge in [0, 0.05) is 10.0 Å². The van der Waals surface area contributed by atoms with Crippen molar-refractivity contribution in [1.29, 1.82) is 0 Å². The second kappa shape index (κ2) is 5.86. The number of methoxy groups -OCH3 is 2. The van der Waals surface area contributed by atoms with Gasteiger partial charge in [-0.2, -0.15) is 0 Å². The highest BCUT2D eigenvalue weighted by Gasteiger charge is 2.26. The Morgan fingerprint density at radius 1 is 1.33 bits per heavy atom. The summed E-state index contributed by atoms with van der Waals surface area (Å²) in [6.45, 7) is 1.81. The van der Waals surface area contributed by atoms with Crippen LogP contribution in [0.3, 0.4) is 0 Å². The van der Waals surface area contributed by atoms with Crippen molar-refractivity contribution in [3.05, 3.63) is 21.7 Å². The number of carbonyl (C=O) groups excluding carboxylic acids is 1. The molecule has 0 aliphatic carbocycles. The standard InChI is InChI=1S/C12H13BrO5/c1-4-6-9(10(14)12(15)16)7(13)5-8(17-2)11(6)18-3/h5H,4H2,1-3H3,(H,15,16). The highest BCUT2D eigenvalue weighted by molar-refractivity contribution is 9.10. The number of benzene rings is 1. The van der Waals surface area contributed by atoms with Crippen molar-refractivity contribution in [3.63, 3.8) is 0 Å². The van der Waals surface area contributed by atoms with Crippen LogP contribution in [0, 0.1) is 0 Å². The van der Waals surface area contributed by atoms with Crippen LogP contribution in [-0.4, -0.2) is 31.1 Å². The molecule has 0 radical (unpaired) electrons. The first-order chi connectivity index (χ1) is 8.47. The van der Waals surface area contributed by atoms with Crippen molar-refractivity contribution in [1.82, 2.24) is 0 Å². The average Bonchev–Trinajstić information content (AvgIpc) is 2.36. The Morgan fingerprint density at radius 2 is 1.94 bits per heavy atom. The summed E-state index contributed by atoms with van der Waals surface area (Å²) in [5.41, 5.74) is 0.610. The minimum atomic E-state index is -1.50. The van der Waals surface area contributed by atoms with Gasteiger partial charge in [0.1, 0.15) is 0 Å². The third-order valence-corrected chi connectivity index (χ3v) is 3.12. The van der Waals surface area contributed by atoms with Crippen LogP contribution in [0.5, 0.6) is 11.5 Å². The summed E-state index contributed by atoms with van der Waals surface area (Å²) in [5, 5.41) is 8.83. The van der Waals surface area contributed by atoms with Gasteiger partial charge in [-0.15, -0.1) is 0 Å². The fourth-order valence-electron chi connectivity index (χ4n) is 1.72. The Kier molecular flexibility index (Phi) is 4.72. The Hall–Kier alpha value is -1.56. The van der Waals surface area contributed by atoms with Crippen molar-refractivity contribution in [3.8, 4) is 11.5 Å². The molecule has 0 aromatic heterocycles. The smallest absolute Gasteiger partial charge is 0.377 e. The second-order valence-electron chi connectivity index (χ2n) is 3.44. The molecule has 98 valence electrons. The lowest BCUT2D eigenvalue weighted by Crippen LogP contribution is -2.16. The van der Waals surface area contributed by atoms with Crippen molar-refractivity contribution in [2.24, 2.45) is 0 Å². The van der Waals surface area contributed by atoms with Gasteiger partial charge in [-0.3, -0.25) is 4.79 Å². The minimum Gasteiger partial charge on any atom is -0.493 e. The predicted octanol–water partition coefficient (Wildman–Crippen LogP) is 2.30. The summed E-state index contributed by atoms with van der Waals surface area (Å²) < 4.78 is 10.7. The topological polar surface area (TPSA) is 72.8 Å². The van der Waals surface area contributed by atoms with Crippen LogP contribution in [0.2, 0.25) is 0 Å². The second-order valence-corrected chi connectivity index (χ2v) is 4.29. The van der Waals surface area contributed by atoms with Crippen LogP contribution in [0.1, 0.15) is 22.8 Å². The van der Waals surface area contributed by atoms with E-state index in [0.717, 1.165) is 0 Å². The van der Waals surface area contributed by atoms with Crippen molar-refractivity contribution < 1.29 is 24.2 Å².